The molecule has 1 fully saturated rings. The van der Waals surface area contributed by atoms with E-state index in [1.54, 1.807) is 0 Å². The second-order valence-corrected chi connectivity index (χ2v) is 7.80. The highest BCUT2D eigenvalue weighted by Crippen LogP contribution is 2.25. The number of anilines is 1. The van der Waals surface area contributed by atoms with Gasteiger partial charge in [-0.1, -0.05) is 45.4 Å². The maximum Gasteiger partial charge on any atom is 0.0426 e. The SMILES string of the molecule is CC1CC(NCC(C)(C)C)CN(c2cccc(Cl)c2)C1. The molecule has 1 aliphatic heterocycles. The van der Waals surface area contributed by atoms with Crippen LogP contribution >= 0.6 is 11.6 Å². The van der Waals surface area contributed by atoms with Gasteiger partial charge >= 0.3 is 0 Å². The molecule has 0 aliphatic carbocycles. The Bertz CT molecular complexity index is 439. The van der Waals surface area contributed by atoms with Crippen molar-refractivity contribution < 1.29 is 0 Å². The van der Waals surface area contributed by atoms with Crippen molar-refractivity contribution in [3.63, 3.8) is 0 Å². The Morgan fingerprint density at radius 2 is 2.05 bits per heavy atom. The number of nitrogens with zero attached hydrogens (tertiary/aromatic N) is 1. The monoisotopic (exact) mass is 294 g/mol. The molecule has 2 nitrogen and oxygen atoms in total. The van der Waals surface area contributed by atoms with E-state index in [9.17, 15) is 0 Å². The zero-order chi connectivity index (χ0) is 14.8. The van der Waals surface area contributed by atoms with Crippen molar-refractivity contribution in [1.82, 2.24) is 5.32 Å². The van der Waals surface area contributed by atoms with Gasteiger partial charge in [0.1, 0.15) is 0 Å². The molecule has 0 amide bonds. The molecule has 0 bridgehead atoms. The molecule has 3 heteroatoms. The maximum atomic E-state index is 6.12. The minimum Gasteiger partial charge on any atom is -0.370 e. The van der Waals surface area contributed by atoms with Crippen LogP contribution in [-0.2, 0) is 0 Å². The van der Waals surface area contributed by atoms with Gasteiger partial charge in [-0.3, -0.25) is 0 Å². The number of rotatable bonds is 3. The van der Waals surface area contributed by atoms with E-state index < -0.39 is 0 Å². The van der Waals surface area contributed by atoms with Crippen LogP contribution in [0.25, 0.3) is 0 Å². The van der Waals surface area contributed by atoms with Crippen LogP contribution in [-0.4, -0.2) is 25.7 Å². The van der Waals surface area contributed by atoms with Gasteiger partial charge in [-0.05, 0) is 36.0 Å². The Morgan fingerprint density at radius 1 is 1.30 bits per heavy atom. The van der Waals surface area contributed by atoms with Gasteiger partial charge in [0.05, 0.1) is 0 Å². The van der Waals surface area contributed by atoms with Gasteiger partial charge in [-0.15, -0.1) is 0 Å². The largest absolute Gasteiger partial charge is 0.370 e. The lowest BCUT2D eigenvalue weighted by Gasteiger charge is -2.39. The van der Waals surface area contributed by atoms with Gasteiger partial charge in [0.2, 0.25) is 0 Å². The lowest BCUT2D eigenvalue weighted by molar-refractivity contribution is 0.300. The van der Waals surface area contributed by atoms with Gasteiger partial charge < -0.3 is 10.2 Å². The van der Waals surface area contributed by atoms with Gasteiger partial charge in [0, 0.05) is 36.4 Å². The van der Waals surface area contributed by atoms with E-state index in [1.165, 1.54) is 12.1 Å². The zero-order valence-electron chi connectivity index (χ0n) is 13.1. The molecule has 20 heavy (non-hydrogen) atoms. The smallest absolute Gasteiger partial charge is 0.0426 e. The van der Waals surface area contributed by atoms with Crippen LogP contribution in [0.3, 0.4) is 0 Å². The predicted octanol–water partition coefficient (Wildman–Crippen LogP) is 4.19. The topological polar surface area (TPSA) is 15.3 Å². The minimum atomic E-state index is 0.335. The fourth-order valence-electron chi connectivity index (χ4n) is 2.83. The molecule has 1 aromatic rings. The molecule has 0 saturated carbocycles. The summed E-state index contributed by atoms with van der Waals surface area (Å²) in [5.74, 6) is 0.709. The standard InChI is InChI=1S/C17H27ClN2/c1-13-8-15(19-12-17(2,3)4)11-20(10-13)16-7-5-6-14(18)9-16/h5-7,9,13,15,19H,8,10-12H2,1-4H3. The highest BCUT2D eigenvalue weighted by atomic mass is 35.5. The van der Waals surface area contributed by atoms with Crippen LogP contribution in [0.2, 0.25) is 5.02 Å². The highest BCUT2D eigenvalue weighted by Gasteiger charge is 2.25. The number of hydrogen-bond acceptors (Lipinski definition) is 2. The van der Waals surface area contributed by atoms with E-state index in [2.05, 4.69) is 50.0 Å². The minimum absolute atomic E-state index is 0.335. The molecule has 0 radical (unpaired) electrons. The summed E-state index contributed by atoms with van der Waals surface area (Å²) < 4.78 is 0. The number of benzene rings is 1. The average Bonchev–Trinajstić information content (AvgIpc) is 2.35. The third kappa shape index (κ3) is 4.68. The average molecular weight is 295 g/mol. The maximum absolute atomic E-state index is 6.12. The van der Waals surface area contributed by atoms with E-state index in [4.69, 9.17) is 11.6 Å². The summed E-state index contributed by atoms with van der Waals surface area (Å²) in [5, 5.41) is 4.55. The zero-order valence-corrected chi connectivity index (χ0v) is 13.9. The molecule has 1 saturated heterocycles. The highest BCUT2D eigenvalue weighted by molar-refractivity contribution is 6.30. The Hall–Kier alpha value is -0.730. The molecule has 2 unspecified atom stereocenters. The van der Waals surface area contributed by atoms with Crippen LogP contribution in [0.15, 0.2) is 24.3 Å². The van der Waals surface area contributed by atoms with E-state index in [0.29, 0.717) is 17.4 Å². The second-order valence-electron chi connectivity index (χ2n) is 7.36. The number of halogens is 1. The summed E-state index contributed by atoms with van der Waals surface area (Å²) in [4.78, 5) is 2.46. The lowest BCUT2D eigenvalue weighted by Crippen LogP contribution is -2.50. The fraction of sp³-hybridized carbons (Fsp3) is 0.647. The van der Waals surface area contributed by atoms with Crippen LogP contribution < -0.4 is 10.2 Å². The van der Waals surface area contributed by atoms with Gasteiger partial charge in [0.15, 0.2) is 0 Å². The van der Waals surface area contributed by atoms with E-state index in [-0.39, 0.29) is 0 Å². The van der Waals surface area contributed by atoms with Crippen molar-refractivity contribution in [2.45, 2.75) is 40.2 Å². The summed E-state index contributed by atoms with van der Waals surface area (Å²) in [6.07, 6.45) is 1.26. The van der Waals surface area contributed by atoms with Crippen molar-refractivity contribution >= 4 is 17.3 Å². The molecule has 1 N–H and O–H groups in total. The molecule has 1 aliphatic rings. The normalized spacial score (nSPS) is 23.9. The first-order chi connectivity index (χ1) is 9.33. The summed E-state index contributed by atoms with van der Waals surface area (Å²) in [6, 6.07) is 8.77. The molecule has 2 rings (SSSR count). The van der Waals surface area contributed by atoms with E-state index in [0.717, 1.165) is 24.7 Å². The lowest BCUT2D eigenvalue weighted by atomic mass is 9.92. The Kier molecular flexibility index (Phi) is 4.98. The molecule has 0 aromatic heterocycles. The Labute approximate surface area is 128 Å². The molecule has 1 heterocycles. The summed E-state index contributed by atoms with van der Waals surface area (Å²) in [5.41, 5.74) is 1.58. The summed E-state index contributed by atoms with van der Waals surface area (Å²) >= 11 is 6.12. The van der Waals surface area contributed by atoms with Crippen LogP contribution in [0.5, 0.6) is 0 Å². The first-order valence-corrected chi connectivity index (χ1v) is 7.95. The predicted molar refractivity (Wildman–Crippen MR) is 88.7 cm³/mol. The van der Waals surface area contributed by atoms with Gasteiger partial charge in [-0.25, -0.2) is 0 Å². The molecular weight excluding hydrogens is 268 g/mol. The van der Waals surface area contributed by atoms with Crippen molar-refractivity contribution in [2.24, 2.45) is 11.3 Å². The second kappa shape index (κ2) is 6.36. The van der Waals surface area contributed by atoms with Crippen molar-refractivity contribution in [2.75, 3.05) is 24.5 Å². The number of piperidine rings is 1. The Balaban J connectivity index is 2.01. The van der Waals surface area contributed by atoms with Crippen LogP contribution in [0.1, 0.15) is 34.1 Å². The van der Waals surface area contributed by atoms with Gasteiger partial charge in [0.25, 0.3) is 0 Å². The number of hydrogen-bond donors (Lipinski definition) is 1. The van der Waals surface area contributed by atoms with Crippen LogP contribution in [0, 0.1) is 11.3 Å². The van der Waals surface area contributed by atoms with Gasteiger partial charge in [-0.2, -0.15) is 0 Å². The number of nitrogens with one attached hydrogen (secondary N) is 1. The summed E-state index contributed by atoms with van der Waals surface area (Å²) in [6.45, 7) is 12.4. The molecule has 1 aromatic carbocycles. The first kappa shape index (κ1) is 15.7. The van der Waals surface area contributed by atoms with Crippen LogP contribution in [0.4, 0.5) is 5.69 Å². The molecule has 2 atom stereocenters. The molecule has 0 spiro atoms. The third-order valence-corrected chi connectivity index (χ3v) is 3.99. The van der Waals surface area contributed by atoms with Crippen molar-refractivity contribution in [1.29, 1.82) is 0 Å². The first-order valence-electron chi connectivity index (χ1n) is 7.57. The third-order valence-electron chi connectivity index (χ3n) is 3.75. The summed E-state index contributed by atoms with van der Waals surface area (Å²) in [7, 11) is 0. The van der Waals surface area contributed by atoms with Crippen molar-refractivity contribution in [3.05, 3.63) is 29.3 Å². The molecular formula is C17H27ClN2. The van der Waals surface area contributed by atoms with E-state index >= 15 is 0 Å². The van der Waals surface area contributed by atoms with Crippen molar-refractivity contribution in [3.8, 4) is 0 Å². The Morgan fingerprint density at radius 3 is 2.70 bits per heavy atom. The quantitative estimate of drug-likeness (QED) is 0.899. The van der Waals surface area contributed by atoms with E-state index in [1.807, 2.05) is 12.1 Å². The molecule has 112 valence electrons. The fourth-order valence-corrected chi connectivity index (χ4v) is 3.02.